The lowest BCUT2D eigenvalue weighted by Crippen LogP contribution is -2.51. The van der Waals surface area contributed by atoms with Crippen LogP contribution in [0.3, 0.4) is 0 Å². The molecule has 3 saturated carbocycles. The second kappa shape index (κ2) is 15.4. The van der Waals surface area contributed by atoms with E-state index in [1.54, 1.807) is 31.7 Å². The van der Waals surface area contributed by atoms with E-state index < -0.39 is 53.7 Å². The number of ether oxygens (including phenoxy) is 5. The molecule has 0 aromatic heterocycles. The maximum Gasteiger partial charge on any atom is 0.339 e. The van der Waals surface area contributed by atoms with Gasteiger partial charge in [0.25, 0.3) is 0 Å². The van der Waals surface area contributed by atoms with Crippen molar-refractivity contribution in [1.82, 2.24) is 10.2 Å². The zero-order chi connectivity index (χ0) is 38.5. The van der Waals surface area contributed by atoms with Crippen LogP contribution in [0.2, 0.25) is 0 Å². The van der Waals surface area contributed by atoms with Crippen molar-refractivity contribution in [2.75, 3.05) is 13.2 Å². The molecule has 0 bridgehead atoms. The van der Waals surface area contributed by atoms with Crippen LogP contribution in [0.5, 0.6) is 0 Å². The molecular formula is C43H56N2O10. The standard InChI is InChI=1S/C43H56N2O10/c1-42(2,3)54-37(47)19-17-30(24-46)44-39(48)32-9-6-20-45(32)40(49)27-22-35(38-36(23-27)53-43(55-38,28-13-14-28)29-15-16-29)52-41(50)31-8-5-4-7-26(31)12-10-25-11-18-33-34(21-25)51-33/h4-5,7-8,10,12,23,25,28-30,32-36,38,46H,6,9,11,13-22,24H2,1-3H3,(H,44,48)/t25?,30-,32+,33?,34?,35+,36+,38-/m0/s1. The minimum absolute atomic E-state index is 0.0361. The molecule has 12 heteroatoms. The van der Waals surface area contributed by atoms with Crippen molar-refractivity contribution in [2.45, 2.75) is 152 Å². The largest absolute Gasteiger partial charge is 0.460 e. The van der Waals surface area contributed by atoms with Gasteiger partial charge in [0.2, 0.25) is 11.8 Å². The van der Waals surface area contributed by atoms with Gasteiger partial charge in [-0.3, -0.25) is 14.4 Å². The van der Waals surface area contributed by atoms with E-state index in [1.807, 2.05) is 30.4 Å². The summed E-state index contributed by atoms with van der Waals surface area (Å²) in [5.41, 5.74) is 1.02. The van der Waals surface area contributed by atoms with Crippen molar-refractivity contribution < 1.29 is 48.0 Å². The zero-order valence-corrected chi connectivity index (χ0v) is 32.3. The Kier molecular flexibility index (Phi) is 10.7. The number of hydrogen-bond acceptors (Lipinski definition) is 10. The average Bonchev–Trinajstić information content (AvgIpc) is 4.09. The molecule has 12 nitrogen and oxygen atoms in total. The molecular weight excluding hydrogens is 704 g/mol. The number of amides is 2. The van der Waals surface area contributed by atoms with Gasteiger partial charge in [0.05, 0.1) is 30.4 Å². The summed E-state index contributed by atoms with van der Waals surface area (Å²) >= 11 is 0. The SMILES string of the molecule is CC(C)(C)OC(=O)CC[C@@H](CO)NC(=O)[C@H]1CCCN1C(=O)C1=C[C@H]2OC(C3CC3)(C3CC3)O[C@H]2[C@H](OC(=O)c2ccccc2C=CC2CCC3OC3C2)C1. The Morgan fingerprint density at radius 1 is 1.02 bits per heavy atom. The number of rotatable bonds is 13. The van der Waals surface area contributed by atoms with E-state index in [0.29, 0.717) is 48.6 Å². The molecule has 1 aromatic rings. The van der Waals surface area contributed by atoms with Gasteiger partial charge in [-0.05, 0) is 109 Å². The first-order valence-electron chi connectivity index (χ1n) is 20.5. The molecule has 1 aromatic carbocycles. The fourth-order valence-electron chi connectivity index (χ4n) is 9.10. The first-order valence-corrected chi connectivity index (χ1v) is 20.5. The third-order valence-electron chi connectivity index (χ3n) is 12.2. The molecule has 3 heterocycles. The van der Waals surface area contributed by atoms with Gasteiger partial charge in [0.1, 0.15) is 30.0 Å². The van der Waals surface area contributed by atoms with E-state index in [4.69, 9.17) is 23.7 Å². The molecule has 3 unspecified atom stereocenters. The van der Waals surface area contributed by atoms with Crippen molar-refractivity contribution >= 4 is 29.8 Å². The lowest BCUT2D eigenvalue weighted by molar-refractivity contribution is -0.209. The number of epoxide rings is 1. The highest BCUT2D eigenvalue weighted by molar-refractivity contribution is 5.98. The van der Waals surface area contributed by atoms with E-state index in [1.165, 1.54) is 0 Å². The van der Waals surface area contributed by atoms with Crippen LogP contribution in [-0.4, -0.2) is 101 Å². The molecule has 0 radical (unpaired) electrons. The molecule has 2 amide bonds. The molecule has 7 aliphatic rings. The zero-order valence-electron chi connectivity index (χ0n) is 32.3. The van der Waals surface area contributed by atoms with Crippen molar-refractivity contribution in [3.05, 3.63) is 53.1 Å². The number of likely N-dealkylation sites (tertiary alicyclic amines) is 1. The Morgan fingerprint density at radius 3 is 2.49 bits per heavy atom. The van der Waals surface area contributed by atoms with Crippen LogP contribution in [0.25, 0.3) is 6.08 Å². The molecule has 0 spiro atoms. The van der Waals surface area contributed by atoms with Crippen molar-refractivity contribution in [1.29, 1.82) is 0 Å². The van der Waals surface area contributed by atoms with E-state index >= 15 is 0 Å². The fraction of sp³-hybridized carbons (Fsp3) is 0.674. The van der Waals surface area contributed by atoms with Crippen LogP contribution in [0.4, 0.5) is 0 Å². The number of carbonyl (C=O) groups is 4. The molecule has 55 heavy (non-hydrogen) atoms. The van der Waals surface area contributed by atoms with Gasteiger partial charge in [-0.15, -0.1) is 0 Å². The highest BCUT2D eigenvalue weighted by Gasteiger charge is 2.64. The van der Waals surface area contributed by atoms with Gasteiger partial charge < -0.3 is 39.0 Å². The molecule has 2 N–H and O–H groups in total. The summed E-state index contributed by atoms with van der Waals surface area (Å²) < 4.78 is 31.1. The molecule has 3 aliphatic heterocycles. The minimum atomic E-state index is -0.776. The molecule has 8 atom stereocenters. The Balaban J connectivity index is 0.975. The van der Waals surface area contributed by atoms with Crippen LogP contribution in [0.15, 0.2) is 42.0 Å². The van der Waals surface area contributed by atoms with Gasteiger partial charge in [-0.1, -0.05) is 30.4 Å². The van der Waals surface area contributed by atoms with Gasteiger partial charge in [-0.25, -0.2) is 4.79 Å². The maximum absolute atomic E-state index is 14.4. The van der Waals surface area contributed by atoms with Gasteiger partial charge in [-0.2, -0.15) is 0 Å². The van der Waals surface area contributed by atoms with Crippen molar-refractivity contribution in [3.8, 4) is 0 Å². The summed E-state index contributed by atoms with van der Waals surface area (Å²) in [6, 6.07) is 6.01. The number of nitrogens with one attached hydrogen (secondary N) is 1. The number of nitrogens with zero attached hydrogens (tertiary/aromatic N) is 1. The summed E-state index contributed by atoms with van der Waals surface area (Å²) in [5, 5.41) is 12.9. The average molecular weight is 761 g/mol. The molecule has 6 fully saturated rings. The van der Waals surface area contributed by atoms with Crippen LogP contribution in [0, 0.1) is 17.8 Å². The number of carbonyl (C=O) groups excluding carboxylic acids is 4. The number of esters is 2. The summed E-state index contributed by atoms with van der Waals surface area (Å²) in [6.07, 6.45) is 13.5. The van der Waals surface area contributed by atoms with Gasteiger partial charge >= 0.3 is 11.9 Å². The monoisotopic (exact) mass is 760 g/mol. The smallest absolute Gasteiger partial charge is 0.339 e. The Labute approximate surface area is 323 Å². The molecule has 4 aliphatic carbocycles. The van der Waals surface area contributed by atoms with Crippen LogP contribution >= 0.6 is 0 Å². The predicted molar refractivity (Wildman–Crippen MR) is 200 cm³/mol. The molecule has 8 rings (SSSR count). The predicted octanol–water partition coefficient (Wildman–Crippen LogP) is 5.01. The lowest BCUT2D eigenvalue weighted by Gasteiger charge is -2.33. The van der Waals surface area contributed by atoms with Crippen LogP contribution < -0.4 is 5.32 Å². The second-order valence-corrected chi connectivity index (χ2v) is 17.7. The minimum Gasteiger partial charge on any atom is -0.460 e. The van der Waals surface area contributed by atoms with Crippen LogP contribution in [-0.2, 0) is 38.1 Å². The highest BCUT2D eigenvalue weighted by Crippen LogP contribution is 2.59. The first-order chi connectivity index (χ1) is 26.4. The summed E-state index contributed by atoms with van der Waals surface area (Å²) in [6.45, 7) is 5.38. The first kappa shape index (κ1) is 38.3. The normalized spacial score (nSPS) is 31.6. The lowest BCUT2D eigenvalue weighted by atomic mass is 9.88. The highest BCUT2D eigenvalue weighted by atomic mass is 16.8. The Bertz CT molecular complexity index is 1700. The third-order valence-corrected chi connectivity index (χ3v) is 12.2. The summed E-state index contributed by atoms with van der Waals surface area (Å²) in [5.74, 6) is -1.36. The number of hydrogen-bond donors (Lipinski definition) is 2. The van der Waals surface area contributed by atoms with Crippen LogP contribution in [0.1, 0.15) is 114 Å². The van der Waals surface area contributed by atoms with Crippen molar-refractivity contribution in [3.63, 3.8) is 0 Å². The molecule has 3 saturated heterocycles. The van der Waals surface area contributed by atoms with Gasteiger partial charge in [0, 0.05) is 36.8 Å². The second-order valence-electron chi connectivity index (χ2n) is 17.7. The Hall–Kier alpha value is -3.58. The maximum atomic E-state index is 14.4. The molecule has 298 valence electrons. The quantitative estimate of drug-likeness (QED) is 0.207. The van der Waals surface area contributed by atoms with E-state index in [9.17, 15) is 24.3 Å². The van der Waals surface area contributed by atoms with E-state index in [0.717, 1.165) is 50.5 Å². The topological polar surface area (TPSA) is 153 Å². The third kappa shape index (κ3) is 8.57. The number of benzene rings is 1. The number of fused-ring (bicyclic) bond motifs is 2. The summed E-state index contributed by atoms with van der Waals surface area (Å²) in [7, 11) is 0. The number of aliphatic hydroxyl groups is 1. The Morgan fingerprint density at radius 2 is 1.78 bits per heavy atom. The van der Waals surface area contributed by atoms with E-state index in [2.05, 4.69) is 11.4 Å². The summed E-state index contributed by atoms with van der Waals surface area (Å²) in [4.78, 5) is 55.9. The number of aliphatic hydroxyl groups excluding tert-OH is 1. The van der Waals surface area contributed by atoms with Gasteiger partial charge in [0.15, 0.2) is 5.79 Å². The fourth-order valence-corrected chi connectivity index (χ4v) is 9.10. The number of allylic oxidation sites excluding steroid dienone is 1. The van der Waals surface area contributed by atoms with E-state index in [-0.39, 0.29) is 49.5 Å². The van der Waals surface area contributed by atoms with Crippen molar-refractivity contribution in [2.24, 2.45) is 17.8 Å².